The molecule has 1 fully saturated rings. The highest BCUT2D eigenvalue weighted by Gasteiger charge is 2.15. The van der Waals surface area contributed by atoms with Gasteiger partial charge in [-0.05, 0) is 39.8 Å². The van der Waals surface area contributed by atoms with E-state index >= 15 is 0 Å². The van der Waals surface area contributed by atoms with E-state index in [1.807, 2.05) is 13.8 Å². The van der Waals surface area contributed by atoms with Crippen LogP contribution in [0, 0.1) is 0 Å². The van der Waals surface area contributed by atoms with Crippen molar-refractivity contribution >= 4 is 6.03 Å². The van der Waals surface area contributed by atoms with Crippen LogP contribution in [0.4, 0.5) is 4.79 Å². The molecule has 1 rings (SSSR count). The van der Waals surface area contributed by atoms with Crippen LogP contribution >= 0.6 is 0 Å². The lowest BCUT2D eigenvalue weighted by Crippen LogP contribution is -2.46. The minimum absolute atomic E-state index is 0.120. The Morgan fingerprint density at radius 1 is 1.29 bits per heavy atom. The first-order chi connectivity index (χ1) is 8.08. The third kappa shape index (κ3) is 6.48. The van der Waals surface area contributed by atoms with Gasteiger partial charge in [0.05, 0.1) is 6.10 Å². The Balaban J connectivity index is 2.11. The van der Waals surface area contributed by atoms with Crippen molar-refractivity contribution in [3.63, 3.8) is 0 Å². The van der Waals surface area contributed by atoms with Crippen LogP contribution in [0.15, 0.2) is 0 Å². The van der Waals surface area contributed by atoms with Crippen molar-refractivity contribution in [1.29, 1.82) is 0 Å². The first kappa shape index (κ1) is 14.3. The number of urea groups is 1. The van der Waals surface area contributed by atoms with E-state index in [2.05, 4.69) is 15.5 Å². The van der Waals surface area contributed by atoms with Gasteiger partial charge in [-0.3, -0.25) is 0 Å². The molecule has 1 atom stereocenters. The van der Waals surface area contributed by atoms with Crippen LogP contribution in [0.25, 0.3) is 0 Å². The summed E-state index contributed by atoms with van der Waals surface area (Å²) >= 11 is 0. The summed E-state index contributed by atoms with van der Waals surface area (Å²) in [7, 11) is 0. The van der Waals surface area contributed by atoms with Crippen LogP contribution in [0.3, 0.4) is 0 Å². The van der Waals surface area contributed by atoms with E-state index < -0.39 is 6.10 Å². The van der Waals surface area contributed by atoms with E-state index in [0.717, 1.165) is 13.1 Å². The fraction of sp³-hybridized carbons (Fsp3) is 0.917. The number of rotatable bonds is 5. The standard InChI is InChI=1S/C12H25N3O2/c1-10(2)14-12(17)13-8-11(16)9-15-6-4-3-5-7-15/h10-11,16H,3-9H2,1-2H3,(H2,13,14,17)/t11-/m0/s1. The van der Waals surface area contributed by atoms with Crippen LogP contribution in [0.2, 0.25) is 0 Å². The lowest BCUT2D eigenvalue weighted by molar-refractivity contribution is 0.101. The van der Waals surface area contributed by atoms with E-state index in [9.17, 15) is 9.90 Å². The molecule has 0 aromatic heterocycles. The zero-order valence-corrected chi connectivity index (χ0v) is 10.9. The second-order valence-corrected chi connectivity index (χ2v) is 5.02. The van der Waals surface area contributed by atoms with Gasteiger partial charge in [-0.25, -0.2) is 4.79 Å². The third-order valence-electron chi connectivity index (χ3n) is 2.84. The van der Waals surface area contributed by atoms with Crippen molar-refractivity contribution in [3.05, 3.63) is 0 Å². The Morgan fingerprint density at radius 3 is 2.53 bits per heavy atom. The molecule has 0 unspecified atom stereocenters. The maximum absolute atomic E-state index is 11.3. The summed E-state index contributed by atoms with van der Waals surface area (Å²) in [4.78, 5) is 13.6. The number of hydrogen-bond donors (Lipinski definition) is 3. The average Bonchev–Trinajstić information content (AvgIpc) is 2.27. The number of hydrogen-bond acceptors (Lipinski definition) is 3. The maximum atomic E-state index is 11.3. The molecule has 1 aliphatic heterocycles. The molecule has 0 aromatic rings. The number of aliphatic hydroxyl groups is 1. The van der Waals surface area contributed by atoms with Gasteiger partial charge in [-0.15, -0.1) is 0 Å². The van der Waals surface area contributed by atoms with Gasteiger partial charge >= 0.3 is 6.03 Å². The second kappa shape index (κ2) is 7.50. The zero-order chi connectivity index (χ0) is 12.7. The molecule has 0 bridgehead atoms. The molecular weight excluding hydrogens is 218 g/mol. The van der Waals surface area contributed by atoms with Crippen molar-refractivity contribution < 1.29 is 9.90 Å². The van der Waals surface area contributed by atoms with E-state index in [0.29, 0.717) is 13.1 Å². The average molecular weight is 243 g/mol. The highest BCUT2D eigenvalue weighted by molar-refractivity contribution is 5.74. The maximum Gasteiger partial charge on any atom is 0.315 e. The number of β-amino-alcohol motifs (C(OH)–C–C–N with tert-alkyl or cyclic N) is 1. The van der Waals surface area contributed by atoms with E-state index in [4.69, 9.17) is 0 Å². The largest absolute Gasteiger partial charge is 0.390 e. The first-order valence-corrected chi connectivity index (χ1v) is 6.52. The summed E-state index contributed by atoms with van der Waals surface area (Å²) in [5.74, 6) is 0. The van der Waals surface area contributed by atoms with Crippen LogP contribution in [0.1, 0.15) is 33.1 Å². The number of amides is 2. The van der Waals surface area contributed by atoms with Gasteiger partial charge in [-0.1, -0.05) is 6.42 Å². The Kier molecular flexibility index (Phi) is 6.29. The lowest BCUT2D eigenvalue weighted by atomic mass is 10.1. The minimum atomic E-state index is -0.481. The predicted molar refractivity (Wildman–Crippen MR) is 68.0 cm³/mol. The number of nitrogens with one attached hydrogen (secondary N) is 2. The summed E-state index contributed by atoms with van der Waals surface area (Å²) in [6.45, 7) is 6.91. The molecule has 0 radical (unpaired) electrons. The van der Waals surface area contributed by atoms with E-state index in [-0.39, 0.29) is 12.1 Å². The highest BCUT2D eigenvalue weighted by atomic mass is 16.3. The fourth-order valence-electron chi connectivity index (χ4n) is 2.03. The molecule has 5 nitrogen and oxygen atoms in total. The Bertz CT molecular complexity index is 228. The van der Waals surface area contributed by atoms with Crippen LogP contribution in [0.5, 0.6) is 0 Å². The van der Waals surface area contributed by atoms with Gasteiger partial charge < -0.3 is 20.6 Å². The number of nitrogens with zero attached hydrogens (tertiary/aromatic N) is 1. The molecule has 1 heterocycles. The molecule has 0 saturated carbocycles. The van der Waals surface area contributed by atoms with Gasteiger partial charge in [0.25, 0.3) is 0 Å². The third-order valence-corrected chi connectivity index (χ3v) is 2.84. The summed E-state index contributed by atoms with van der Waals surface area (Å²) in [5.41, 5.74) is 0. The number of likely N-dealkylation sites (tertiary alicyclic amines) is 1. The van der Waals surface area contributed by atoms with Crippen molar-refractivity contribution in [2.24, 2.45) is 0 Å². The summed E-state index contributed by atoms with van der Waals surface area (Å²) < 4.78 is 0. The molecule has 0 spiro atoms. The lowest BCUT2D eigenvalue weighted by Gasteiger charge is -2.28. The van der Waals surface area contributed by atoms with Gasteiger partial charge in [0, 0.05) is 19.1 Å². The van der Waals surface area contributed by atoms with Crippen molar-refractivity contribution in [2.45, 2.75) is 45.3 Å². The van der Waals surface area contributed by atoms with Gasteiger partial charge in [0.1, 0.15) is 0 Å². The summed E-state index contributed by atoms with van der Waals surface area (Å²) in [6.07, 6.45) is 3.25. The van der Waals surface area contributed by atoms with Crippen LogP contribution < -0.4 is 10.6 Å². The molecule has 2 amide bonds. The summed E-state index contributed by atoms with van der Waals surface area (Å²) in [6, 6.07) is -0.0908. The molecule has 0 aromatic carbocycles. The fourth-order valence-corrected chi connectivity index (χ4v) is 2.03. The molecule has 0 aliphatic carbocycles. The number of carbonyl (C=O) groups is 1. The summed E-state index contributed by atoms with van der Waals surface area (Å²) in [5, 5.41) is 15.2. The van der Waals surface area contributed by atoms with E-state index in [1.165, 1.54) is 19.3 Å². The van der Waals surface area contributed by atoms with E-state index in [1.54, 1.807) is 0 Å². The van der Waals surface area contributed by atoms with Crippen molar-refractivity contribution in [1.82, 2.24) is 15.5 Å². The zero-order valence-electron chi connectivity index (χ0n) is 10.9. The number of aliphatic hydroxyl groups excluding tert-OH is 1. The van der Waals surface area contributed by atoms with Gasteiger partial charge in [0.2, 0.25) is 0 Å². The molecule has 1 saturated heterocycles. The van der Waals surface area contributed by atoms with Crippen molar-refractivity contribution in [3.8, 4) is 0 Å². The van der Waals surface area contributed by atoms with Crippen molar-refractivity contribution in [2.75, 3.05) is 26.2 Å². The minimum Gasteiger partial charge on any atom is -0.390 e. The van der Waals surface area contributed by atoms with Crippen LogP contribution in [-0.4, -0.2) is 54.4 Å². The quantitative estimate of drug-likeness (QED) is 0.660. The van der Waals surface area contributed by atoms with Gasteiger partial charge in [0.15, 0.2) is 0 Å². The first-order valence-electron chi connectivity index (χ1n) is 6.52. The smallest absolute Gasteiger partial charge is 0.315 e. The second-order valence-electron chi connectivity index (χ2n) is 5.02. The normalized spacial score (nSPS) is 19.1. The predicted octanol–water partition coefficient (Wildman–Crippen LogP) is 0.541. The molecule has 5 heteroatoms. The Morgan fingerprint density at radius 2 is 1.94 bits per heavy atom. The molecular formula is C12H25N3O2. The highest BCUT2D eigenvalue weighted by Crippen LogP contribution is 2.08. The Hall–Kier alpha value is -0.810. The number of piperidine rings is 1. The van der Waals surface area contributed by atoms with Gasteiger partial charge in [-0.2, -0.15) is 0 Å². The molecule has 1 aliphatic rings. The topological polar surface area (TPSA) is 64.6 Å². The number of carbonyl (C=O) groups excluding carboxylic acids is 1. The monoisotopic (exact) mass is 243 g/mol. The Labute approximate surface area is 104 Å². The SMILES string of the molecule is CC(C)NC(=O)NC[C@H](O)CN1CCCCC1. The van der Waals surface area contributed by atoms with Crippen LogP contribution in [-0.2, 0) is 0 Å². The molecule has 17 heavy (non-hydrogen) atoms. The molecule has 3 N–H and O–H groups in total. The molecule has 100 valence electrons.